The Labute approximate surface area is 195 Å². The number of benzene rings is 2. The van der Waals surface area contributed by atoms with E-state index in [1.165, 1.54) is 11.3 Å². The molecule has 0 unspecified atom stereocenters. The van der Waals surface area contributed by atoms with Crippen LogP contribution in [-0.2, 0) is 11.2 Å². The van der Waals surface area contributed by atoms with Gasteiger partial charge in [0.25, 0.3) is 5.91 Å². The minimum absolute atomic E-state index is 0.136. The first-order valence-electron chi connectivity index (χ1n) is 9.60. The van der Waals surface area contributed by atoms with E-state index in [0.29, 0.717) is 32.1 Å². The van der Waals surface area contributed by atoms with E-state index >= 15 is 0 Å². The molecule has 0 spiro atoms. The monoisotopic (exact) mass is 471 g/mol. The van der Waals surface area contributed by atoms with E-state index in [1.807, 2.05) is 6.07 Å². The predicted octanol–water partition coefficient (Wildman–Crippen LogP) is 4.75. The summed E-state index contributed by atoms with van der Waals surface area (Å²) in [5.41, 5.74) is 5.31. The topological polar surface area (TPSA) is 89.0 Å². The Bertz CT molecular complexity index is 1160. The fourth-order valence-corrected chi connectivity index (χ4v) is 3.82. The van der Waals surface area contributed by atoms with E-state index in [4.69, 9.17) is 21.1 Å². The molecule has 0 bridgehead atoms. The second-order valence-corrected chi connectivity index (χ2v) is 8.45. The first kappa shape index (κ1) is 23.3. The van der Waals surface area contributed by atoms with Gasteiger partial charge in [0.2, 0.25) is 5.91 Å². The highest BCUT2D eigenvalue weighted by Gasteiger charge is 2.11. The van der Waals surface area contributed by atoms with Crippen molar-refractivity contribution < 1.29 is 19.1 Å². The van der Waals surface area contributed by atoms with Gasteiger partial charge in [-0.05, 0) is 54.4 Å². The molecule has 0 aliphatic rings. The minimum Gasteiger partial charge on any atom is -0.493 e. The van der Waals surface area contributed by atoms with Crippen molar-refractivity contribution in [2.75, 3.05) is 19.5 Å². The fraction of sp³-hybridized carbons (Fsp3) is 0.174. The van der Waals surface area contributed by atoms with Crippen LogP contribution in [0.1, 0.15) is 27.7 Å². The Balaban J connectivity index is 1.62. The Morgan fingerprint density at radius 1 is 1.03 bits per heavy atom. The molecule has 0 atom stereocenters. The van der Waals surface area contributed by atoms with Gasteiger partial charge in [-0.1, -0.05) is 29.8 Å². The molecule has 0 fully saturated rings. The molecule has 3 rings (SSSR count). The highest BCUT2D eigenvalue weighted by atomic mass is 35.5. The van der Waals surface area contributed by atoms with Gasteiger partial charge >= 0.3 is 0 Å². The molecule has 2 aromatic carbocycles. The van der Waals surface area contributed by atoms with Gasteiger partial charge in [0.05, 0.1) is 35.6 Å². The summed E-state index contributed by atoms with van der Waals surface area (Å²) in [6.07, 6.45) is 0.136. The van der Waals surface area contributed by atoms with Crippen LogP contribution in [0.4, 0.5) is 5.69 Å². The maximum atomic E-state index is 12.3. The highest BCUT2D eigenvalue weighted by molar-refractivity contribution is 7.18. The molecule has 32 heavy (non-hydrogen) atoms. The number of rotatable bonds is 8. The standard InChI is InChI=1S/C23H22ClN3O4S/c1-14(26-27-22(28)12-15-7-8-18(30-2)19(11-15)31-3)16-5-4-6-17(13-16)25-23(29)20-9-10-21(24)32-20/h4-11,13H,12H2,1-3H3,(H,25,29)(H,27,28)/b26-14+. The summed E-state index contributed by atoms with van der Waals surface area (Å²) in [7, 11) is 3.10. The summed E-state index contributed by atoms with van der Waals surface area (Å²) in [5.74, 6) is 0.647. The molecule has 1 heterocycles. The molecule has 0 saturated carbocycles. The second kappa shape index (κ2) is 10.8. The van der Waals surface area contributed by atoms with Crippen molar-refractivity contribution in [3.05, 3.63) is 74.9 Å². The number of hydrogen-bond donors (Lipinski definition) is 2. The summed E-state index contributed by atoms with van der Waals surface area (Å²) >= 11 is 7.10. The lowest BCUT2D eigenvalue weighted by atomic mass is 10.1. The fourth-order valence-electron chi connectivity index (χ4n) is 2.88. The first-order valence-corrected chi connectivity index (χ1v) is 10.8. The second-order valence-electron chi connectivity index (χ2n) is 6.74. The van der Waals surface area contributed by atoms with Crippen LogP contribution in [0, 0.1) is 0 Å². The predicted molar refractivity (Wildman–Crippen MR) is 127 cm³/mol. The number of carbonyl (C=O) groups is 2. The minimum atomic E-state index is -0.268. The van der Waals surface area contributed by atoms with E-state index in [-0.39, 0.29) is 18.2 Å². The van der Waals surface area contributed by atoms with E-state index in [0.717, 1.165) is 11.1 Å². The number of anilines is 1. The first-order chi connectivity index (χ1) is 15.4. The number of halogens is 1. The molecule has 3 aromatic rings. The average Bonchev–Trinajstić information content (AvgIpc) is 3.24. The van der Waals surface area contributed by atoms with Crippen LogP contribution >= 0.6 is 22.9 Å². The third kappa shape index (κ3) is 6.09. The number of hydrogen-bond acceptors (Lipinski definition) is 6. The van der Waals surface area contributed by atoms with Gasteiger partial charge in [-0.15, -0.1) is 11.3 Å². The van der Waals surface area contributed by atoms with Gasteiger partial charge < -0.3 is 14.8 Å². The Kier molecular flexibility index (Phi) is 7.86. The lowest BCUT2D eigenvalue weighted by molar-refractivity contribution is -0.120. The maximum Gasteiger partial charge on any atom is 0.265 e. The highest BCUT2D eigenvalue weighted by Crippen LogP contribution is 2.27. The maximum absolute atomic E-state index is 12.3. The lowest BCUT2D eigenvalue weighted by Crippen LogP contribution is -2.21. The van der Waals surface area contributed by atoms with Crippen LogP contribution in [0.3, 0.4) is 0 Å². The van der Waals surface area contributed by atoms with Gasteiger partial charge in [0, 0.05) is 5.69 Å². The summed E-state index contributed by atoms with van der Waals surface area (Å²) in [6.45, 7) is 1.77. The smallest absolute Gasteiger partial charge is 0.265 e. The molecule has 1 aromatic heterocycles. The van der Waals surface area contributed by atoms with E-state index in [1.54, 1.807) is 69.7 Å². The van der Waals surface area contributed by atoms with Crippen molar-refractivity contribution in [1.29, 1.82) is 0 Å². The third-order valence-electron chi connectivity index (χ3n) is 4.50. The van der Waals surface area contributed by atoms with Gasteiger partial charge in [0.1, 0.15) is 0 Å². The van der Waals surface area contributed by atoms with Crippen molar-refractivity contribution in [3.63, 3.8) is 0 Å². The van der Waals surface area contributed by atoms with E-state index in [9.17, 15) is 9.59 Å². The van der Waals surface area contributed by atoms with Crippen molar-refractivity contribution >= 4 is 46.2 Å². The number of hydrazone groups is 1. The van der Waals surface area contributed by atoms with Crippen molar-refractivity contribution in [2.45, 2.75) is 13.3 Å². The summed E-state index contributed by atoms with van der Waals surface area (Å²) in [4.78, 5) is 25.2. The number of methoxy groups -OCH3 is 2. The summed E-state index contributed by atoms with van der Waals surface area (Å²) < 4.78 is 11.0. The molecular formula is C23H22ClN3O4S. The van der Waals surface area contributed by atoms with Crippen molar-refractivity contribution in [1.82, 2.24) is 5.43 Å². The van der Waals surface area contributed by atoms with Crippen LogP contribution in [-0.4, -0.2) is 31.7 Å². The average molecular weight is 472 g/mol. The van der Waals surface area contributed by atoms with E-state index in [2.05, 4.69) is 15.8 Å². The number of thiophene rings is 1. The van der Waals surface area contributed by atoms with Gasteiger partial charge in [-0.3, -0.25) is 9.59 Å². The molecule has 7 nitrogen and oxygen atoms in total. The van der Waals surface area contributed by atoms with Gasteiger partial charge in [-0.2, -0.15) is 5.10 Å². The van der Waals surface area contributed by atoms with Crippen LogP contribution < -0.4 is 20.2 Å². The zero-order chi connectivity index (χ0) is 23.1. The molecule has 166 valence electrons. The van der Waals surface area contributed by atoms with Crippen LogP contribution in [0.25, 0.3) is 0 Å². The van der Waals surface area contributed by atoms with Crippen LogP contribution in [0.5, 0.6) is 11.5 Å². The Hall–Kier alpha value is -3.36. The number of nitrogens with one attached hydrogen (secondary N) is 2. The molecule has 2 N–H and O–H groups in total. The summed E-state index contributed by atoms with van der Waals surface area (Å²) in [6, 6.07) is 15.9. The van der Waals surface area contributed by atoms with Crippen molar-refractivity contribution in [3.8, 4) is 11.5 Å². The molecular weight excluding hydrogens is 450 g/mol. The normalized spacial score (nSPS) is 11.1. The molecule has 0 aliphatic carbocycles. The molecule has 2 amide bonds. The van der Waals surface area contributed by atoms with E-state index < -0.39 is 0 Å². The molecule has 0 radical (unpaired) electrons. The number of nitrogens with zero attached hydrogens (tertiary/aromatic N) is 1. The number of ether oxygens (including phenoxy) is 2. The van der Waals surface area contributed by atoms with Crippen LogP contribution in [0.2, 0.25) is 4.34 Å². The van der Waals surface area contributed by atoms with Crippen molar-refractivity contribution in [2.24, 2.45) is 5.10 Å². The molecule has 0 aliphatic heterocycles. The largest absolute Gasteiger partial charge is 0.493 e. The zero-order valence-corrected chi connectivity index (χ0v) is 19.3. The molecule has 9 heteroatoms. The van der Waals surface area contributed by atoms with Crippen LogP contribution in [0.15, 0.2) is 59.7 Å². The number of amides is 2. The molecule has 0 saturated heterocycles. The van der Waals surface area contributed by atoms with Gasteiger partial charge in [-0.25, -0.2) is 5.43 Å². The zero-order valence-electron chi connectivity index (χ0n) is 17.8. The third-order valence-corrected chi connectivity index (χ3v) is 5.73. The van der Waals surface area contributed by atoms with Gasteiger partial charge in [0.15, 0.2) is 11.5 Å². The Morgan fingerprint density at radius 3 is 2.50 bits per heavy atom. The number of carbonyl (C=O) groups excluding carboxylic acids is 2. The SMILES string of the molecule is COc1ccc(CC(=O)N/N=C(\C)c2cccc(NC(=O)c3ccc(Cl)s3)c2)cc1OC. The summed E-state index contributed by atoms with van der Waals surface area (Å²) in [5, 5.41) is 7.01. The quantitative estimate of drug-likeness (QED) is 0.366. The lowest BCUT2D eigenvalue weighted by Gasteiger charge is -2.09. The Morgan fingerprint density at radius 2 is 1.81 bits per heavy atom.